The quantitative estimate of drug-likeness (QED) is 0.0220. The number of nitrogens with zero attached hydrogens (tertiary/aromatic N) is 5. The average molecular weight is 997 g/mol. The lowest BCUT2D eigenvalue weighted by Gasteiger charge is -2.06. The molecule has 5 heterocycles. The number of unbranched alkanes of at least 4 members (excludes halogenated alkanes) is 5. The molecule has 0 aliphatic carbocycles. The van der Waals surface area contributed by atoms with E-state index in [-0.39, 0.29) is 0 Å². The zero-order valence-electron chi connectivity index (χ0n) is 43.5. The molecule has 0 unspecified atom stereocenters. The molecule has 5 aromatic heterocycles. The number of alkyl halides is 1. The summed E-state index contributed by atoms with van der Waals surface area (Å²) in [5.74, 6) is 0.720. The summed E-state index contributed by atoms with van der Waals surface area (Å²) in [4.78, 5) is 4.18. The van der Waals surface area contributed by atoms with Crippen LogP contribution in [0.5, 0.6) is 0 Å². The number of aryl methyl sites for hydroxylation is 9. The van der Waals surface area contributed by atoms with Gasteiger partial charge in [-0.1, -0.05) is 6.07 Å². The Balaban J connectivity index is 0.782. The third-order valence-corrected chi connectivity index (χ3v) is 12.9. The van der Waals surface area contributed by atoms with Crippen molar-refractivity contribution in [3.05, 3.63) is 150 Å². The first-order valence-electron chi connectivity index (χ1n) is 27.5. The molecular weight excluding hydrogens is 906 g/mol. The lowest BCUT2D eigenvalue weighted by atomic mass is 10.1. The minimum Gasteiger partial charge on any atom is -0.381 e. The molecule has 0 atom stereocenters. The molecule has 0 saturated carbocycles. The van der Waals surface area contributed by atoms with E-state index in [1.807, 2.05) is 18.5 Å². The largest absolute Gasteiger partial charge is 0.381 e. The summed E-state index contributed by atoms with van der Waals surface area (Å²) in [6, 6.07) is 21.7. The molecular formula is C60H90ClN5O5+4. The molecule has 71 heavy (non-hydrogen) atoms. The highest BCUT2D eigenvalue weighted by atomic mass is 35.5. The summed E-state index contributed by atoms with van der Waals surface area (Å²) < 4.78 is 38.9. The van der Waals surface area contributed by atoms with Crippen molar-refractivity contribution in [1.82, 2.24) is 4.98 Å². The fraction of sp³-hybridized carbons (Fsp3) is 0.583. The molecule has 0 aliphatic heterocycles. The second-order valence-electron chi connectivity index (χ2n) is 19.0. The Morgan fingerprint density at radius 2 is 0.606 bits per heavy atom. The van der Waals surface area contributed by atoms with Gasteiger partial charge in [-0.05, 0) is 139 Å². The van der Waals surface area contributed by atoms with Crippen molar-refractivity contribution >= 4 is 11.6 Å². The number of pyridine rings is 5. The van der Waals surface area contributed by atoms with Crippen LogP contribution in [0.4, 0.5) is 0 Å². The normalized spacial score (nSPS) is 11.5. The summed E-state index contributed by atoms with van der Waals surface area (Å²) in [7, 11) is 0. The molecule has 5 rings (SSSR count). The van der Waals surface area contributed by atoms with Crippen LogP contribution in [-0.4, -0.2) is 76.9 Å². The number of halogens is 1. The predicted molar refractivity (Wildman–Crippen MR) is 283 cm³/mol. The summed E-state index contributed by atoms with van der Waals surface area (Å²) in [5.41, 5.74) is 6.79. The Kier molecular flexibility index (Phi) is 32.0. The highest BCUT2D eigenvalue weighted by molar-refractivity contribution is 6.17. The van der Waals surface area contributed by atoms with Crippen LogP contribution in [0, 0.1) is 0 Å². The third kappa shape index (κ3) is 28.6. The second kappa shape index (κ2) is 39.4. The van der Waals surface area contributed by atoms with Crippen molar-refractivity contribution in [3.8, 4) is 0 Å². The Bertz CT molecular complexity index is 2060. The minimum atomic E-state index is 0.720. The van der Waals surface area contributed by atoms with Crippen molar-refractivity contribution in [3.63, 3.8) is 0 Å². The van der Waals surface area contributed by atoms with Gasteiger partial charge in [0.1, 0.15) is 26.2 Å². The second-order valence-corrected chi connectivity index (χ2v) is 19.3. The first-order valence-corrected chi connectivity index (χ1v) is 28.0. The maximum Gasteiger partial charge on any atom is 0.171 e. The van der Waals surface area contributed by atoms with E-state index in [0.29, 0.717) is 0 Å². The van der Waals surface area contributed by atoms with Gasteiger partial charge in [-0.25, -0.2) is 18.3 Å². The molecule has 0 radical (unpaired) electrons. The third-order valence-electron chi connectivity index (χ3n) is 12.7. The first kappa shape index (κ1) is 57.7. The van der Waals surface area contributed by atoms with Crippen molar-refractivity contribution in [1.29, 1.82) is 0 Å². The highest BCUT2D eigenvalue weighted by Gasteiger charge is 2.08. The van der Waals surface area contributed by atoms with E-state index in [2.05, 4.69) is 127 Å². The lowest BCUT2D eigenvalue weighted by Crippen LogP contribution is -2.33. The monoisotopic (exact) mass is 996 g/mol. The van der Waals surface area contributed by atoms with Crippen LogP contribution in [0.25, 0.3) is 0 Å². The van der Waals surface area contributed by atoms with Gasteiger partial charge in [0.25, 0.3) is 0 Å². The Morgan fingerprint density at radius 1 is 0.324 bits per heavy atom. The molecule has 0 bridgehead atoms. The van der Waals surface area contributed by atoms with Crippen LogP contribution in [-0.2, 0) is 82.0 Å². The van der Waals surface area contributed by atoms with Gasteiger partial charge in [0.05, 0.1) is 0 Å². The Morgan fingerprint density at radius 3 is 0.901 bits per heavy atom. The van der Waals surface area contributed by atoms with Crippen LogP contribution >= 0.6 is 11.6 Å². The maximum absolute atomic E-state index is 6.04. The lowest BCUT2D eigenvalue weighted by molar-refractivity contribution is -0.698. The summed E-state index contributed by atoms with van der Waals surface area (Å²) in [6.45, 7) is 12.3. The standard InChI is InChI=1S/C60H90ClN5O5/c61-31-1-6-41-67-47-17-27-57-22-12-37-64(52-57)34-3-8-43-69-49-19-29-59-24-14-39-66(54-59)36-5-10-45-71-50-20-30-60-25-15-40-65(55-60)35-4-9-44-70-48-18-28-58-23-13-38-63(53-58)33-2-7-42-68-46-16-26-56-21-11-32-62-51-56/h11-15,21-25,32,37-40,51-55H,1-10,16-20,26-31,33-36,41-50H2/q+4. The van der Waals surface area contributed by atoms with Crippen molar-refractivity contribution < 1.29 is 42.0 Å². The Labute approximate surface area is 433 Å². The zero-order chi connectivity index (χ0) is 49.3. The molecule has 0 saturated heterocycles. The first-order chi connectivity index (χ1) is 35.2. The summed E-state index contributed by atoms with van der Waals surface area (Å²) >= 11 is 5.74. The molecule has 11 heteroatoms. The van der Waals surface area contributed by atoms with Crippen molar-refractivity contribution in [2.75, 3.05) is 71.9 Å². The van der Waals surface area contributed by atoms with Gasteiger partial charge in [0.2, 0.25) is 0 Å². The fourth-order valence-electron chi connectivity index (χ4n) is 8.69. The van der Waals surface area contributed by atoms with E-state index >= 15 is 0 Å². The van der Waals surface area contributed by atoms with Gasteiger partial charge in [0, 0.05) is 157 Å². The zero-order valence-corrected chi connectivity index (χ0v) is 44.2. The van der Waals surface area contributed by atoms with Crippen LogP contribution in [0.15, 0.2) is 123 Å². The van der Waals surface area contributed by atoms with Crippen LogP contribution in [0.2, 0.25) is 0 Å². The van der Waals surface area contributed by atoms with Crippen LogP contribution in [0.3, 0.4) is 0 Å². The van der Waals surface area contributed by atoms with E-state index < -0.39 is 0 Å². The van der Waals surface area contributed by atoms with E-state index in [9.17, 15) is 0 Å². The van der Waals surface area contributed by atoms with Gasteiger partial charge < -0.3 is 23.7 Å². The summed E-state index contributed by atoms with van der Waals surface area (Å²) in [6.07, 6.45) is 43.1. The highest BCUT2D eigenvalue weighted by Crippen LogP contribution is 2.07. The minimum absolute atomic E-state index is 0.720. The van der Waals surface area contributed by atoms with E-state index in [1.165, 1.54) is 27.8 Å². The molecule has 0 fully saturated rings. The van der Waals surface area contributed by atoms with Gasteiger partial charge in [-0.2, -0.15) is 0 Å². The van der Waals surface area contributed by atoms with Gasteiger partial charge in [0.15, 0.2) is 49.6 Å². The predicted octanol–water partition coefficient (Wildman–Crippen LogP) is 9.92. The molecule has 0 spiro atoms. The number of hydrogen-bond acceptors (Lipinski definition) is 6. The molecule has 0 N–H and O–H groups in total. The molecule has 5 aromatic rings. The average Bonchev–Trinajstić information content (AvgIpc) is 3.40. The summed E-state index contributed by atoms with van der Waals surface area (Å²) in [5, 5.41) is 0. The van der Waals surface area contributed by atoms with Crippen molar-refractivity contribution in [2.24, 2.45) is 0 Å². The SMILES string of the molecule is ClCCCCOCCCc1ccc[n+](CCCCOCCCc2ccc[n+](CCCCOCCCc3ccc[n+](CCCCOCCCc4ccc[n+](CCCCOCCCc5cccnc5)c4)c3)c2)c1. The van der Waals surface area contributed by atoms with Gasteiger partial charge in [-0.3, -0.25) is 4.98 Å². The maximum atomic E-state index is 6.04. The van der Waals surface area contributed by atoms with Crippen LogP contribution < -0.4 is 18.3 Å². The van der Waals surface area contributed by atoms with Crippen molar-refractivity contribution in [2.45, 2.75) is 155 Å². The topological polar surface area (TPSA) is 74.6 Å². The van der Waals surface area contributed by atoms with E-state index in [4.69, 9.17) is 35.3 Å². The van der Waals surface area contributed by atoms with Gasteiger partial charge >= 0.3 is 0 Å². The van der Waals surface area contributed by atoms with E-state index in [0.717, 1.165) is 227 Å². The molecule has 388 valence electrons. The molecule has 10 nitrogen and oxygen atoms in total. The number of ether oxygens (including phenoxy) is 5. The molecule has 0 amide bonds. The van der Waals surface area contributed by atoms with E-state index in [1.54, 1.807) is 0 Å². The smallest absolute Gasteiger partial charge is 0.171 e. The number of aromatic nitrogens is 5. The molecule has 0 aromatic carbocycles. The number of hydrogen-bond donors (Lipinski definition) is 0. The van der Waals surface area contributed by atoms with Crippen LogP contribution in [0.1, 0.15) is 124 Å². The molecule has 0 aliphatic rings. The Hall–Kier alpha value is -4.16. The number of rotatable bonds is 44. The van der Waals surface area contributed by atoms with Gasteiger partial charge in [-0.15, -0.1) is 11.6 Å². The fourth-order valence-corrected chi connectivity index (χ4v) is 8.88.